The maximum absolute atomic E-state index is 3.95. The van der Waals surface area contributed by atoms with Crippen molar-refractivity contribution in [3.8, 4) is 0 Å². The molecule has 3 heteroatoms. The quantitative estimate of drug-likeness (QED) is 0.718. The number of hydrogen-bond acceptors (Lipinski definition) is 2. The molecule has 0 aromatic carbocycles. The Morgan fingerprint density at radius 3 is 3.00 bits per heavy atom. The van der Waals surface area contributed by atoms with E-state index in [1.165, 1.54) is 5.56 Å². The molecule has 0 atom stereocenters. The van der Waals surface area contributed by atoms with Crippen molar-refractivity contribution < 1.29 is 0 Å². The van der Waals surface area contributed by atoms with Crippen LogP contribution >= 0.6 is 0 Å². The minimum Gasteiger partial charge on any atom is -0.345 e. The van der Waals surface area contributed by atoms with E-state index in [4.69, 9.17) is 0 Å². The standard InChI is InChI=1S/C9H15N3/c1-4-7(3)11-9-8(5-2)6-10-12-9/h6H,3-5H2,1-2H3,(H2,10,11,12). The fraction of sp³-hybridized carbons (Fsp3) is 0.444. The molecule has 2 N–H and O–H groups in total. The van der Waals surface area contributed by atoms with E-state index >= 15 is 0 Å². The van der Waals surface area contributed by atoms with E-state index in [-0.39, 0.29) is 0 Å². The van der Waals surface area contributed by atoms with Gasteiger partial charge in [-0.05, 0) is 12.8 Å². The van der Waals surface area contributed by atoms with Gasteiger partial charge in [-0.2, -0.15) is 5.10 Å². The number of allylic oxidation sites excluding steroid dienone is 1. The Morgan fingerprint density at radius 1 is 1.67 bits per heavy atom. The molecule has 1 heterocycles. The summed E-state index contributed by atoms with van der Waals surface area (Å²) in [5, 5.41) is 10.0. The van der Waals surface area contributed by atoms with E-state index in [2.05, 4.69) is 35.9 Å². The molecule has 66 valence electrons. The Balaban J connectivity index is 2.68. The van der Waals surface area contributed by atoms with E-state index in [0.29, 0.717) is 0 Å². The Kier molecular flexibility index (Phi) is 2.91. The van der Waals surface area contributed by atoms with Crippen LogP contribution in [0.4, 0.5) is 5.82 Å². The van der Waals surface area contributed by atoms with Gasteiger partial charge in [0.05, 0.1) is 6.20 Å². The third kappa shape index (κ3) is 1.87. The van der Waals surface area contributed by atoms with Crippen molar-refractivity contribution >= 4 is 5.82 Å². The number of nitrogens with zero attached hydrogens (tertiary/aromatic N) is 1. The van der Waals surface area contributed by atoms with Crippen molar-refractivity contribution in [2.24, 2.45) is 0 Å². The van der Waals surface area contributed by atoms with E-state index < -0.39 is 0 Å². The molecule has 0 radical (unpaired) electrons. The molecule has 0 amide bonds. The normalized spacial score (nSPS) is 9.83. The Hall–Kier alpha value is -1.25. The highest BCUT2D eigenvalue weighted by molar-refractivity contribution is 5.46. The molecule has 0 spiro atoms. The average molecular weight is 165 g/mol. The van der Waals surface area contributed by atoms with Crippen molar-refractivity contribution in [2.45, 2.75) is 26.7 Å². The smallest absolute Gasteiger partial charge is 0.128 e. The first kappa shape index (κ1) is 8.84. The van der Waals surface area contributed by atoms with Crippen LogP contribution in [0.2, 0.25) is 0 Å². The van der Waals surface area contributed by atoms with Crippen LogP contribution in [-0.2, 0) is 6.42 Å². The first-order valence-corrected chi connectivity index (χ1v) is 4.25. The van der Waals surface area contributed by atoms with Crippen LogP contribution in [0.3, 0.4) is 0 Å². The molecule has 12 heavy (non-hydrogen) atoms. The van der Waals surface area contributed by atoms with Crippen LogP contribution in [0.5, 0.6) is 0 Å². The van der Waals surface area contributed by atoms with Crippen LogP contribution in [0.1, 0.15) is 25.8 Å². The summed E-state index contributed by atoms with van der Waals surface area (Å²) >= 11 is 0. The van der Waals surface area contributed by atoms with Gasteiger partial charge in [-0.1, -0.05) is 20.4 Å². The van der Waals surface area contributed by atoms with E-state index in [0.717, 1.165) is 24.4 Å². The third-order valence-corrected chi connectivity index (χ3v) is 1.83. The molecule has 0 aliphatic rings. The largest absolute Gasteiger partial charge is 0.345 e. The predicted octanol–water partition coefficient (Wildman–Crippen LogP) is 2.31. The summed E-state index contributed by atoms with van der Waals surface area (Å²) in [6.45, 7) is 8.03. The monoisotopic (exact) mass is 165 g/mol. The van der Waals surface area contributed by atoms with Gasteiger partial charge in [-0.15, -0.1) is 0 Å². The number of nitrogens with one attached hydrogen (secondary N) is 2. The van der Waals surface area contributed by atoms with Crippen molar-refractivity contribution in [3.63, 3.8) is 0 Å². The highest BCUT2D eigenvalue weighted by atomic mass is 15.2. The number of rotatable bonds is 4. The van der Waals surface area contributed by atoms with Gasteiger partial charge in [-0.25, -0.2) is 0 Å². The minimum absolute atomic E-state index is 0.933. The number of aryl methyl sites for hydroxylation is 1. The van der Waals surface area contributed by atoms with Gasteiger partial charge >= 0.3 is 0 Å². The van der Waals surface area contributed by atoms with Gasteiger partial charge in [0, 0.05) is 11.3 Å². The molecule has 0 bridgehead atoms. The zero-order chi connectivity index (χ0) is 8.97. The van der Waals surface area contributed by atoms with Crippen LogP contribution < -0.4 is 5.32 Å². The van der Waals surface area contributed by atoms with Gasteiger partial charge in [0.25, 0.3) is 0 Å². The van der Waals surface area contributed by atoms with E-state index in [1.54, 1.807) is 0 Å². The SMILES string of the molecule is C=C(CC)Nc1[nH]ncc1CC. The molecule has 3 nitrogen and oxygen atoms in total. The summed E-state index contributed by atoms with van der Waals surface area (Å²) in [5.41, 5.74) is 2.21. The first-order valence-electron chi connectivity index (χ1n) is 4.25. The Labute approximate surface area is 72.9 Å². The summed E-state index contributed by atoms with van der Waals surface area (Å²) < 4.78 is 0. The molecule has 1 aromatic heterocycles. The zero-order valence-corrected chi connectivity index (χ0v) is 7.65. The Bertz CT molecular complexity index is 262. The summed E-state index contributed by atoms with van der Waals surface area (Å²) in [7, 11) is 0. The molecule has 1 rings (SSSR count). The van der Waals surface area contributed by atoms with Gasteiger partial charge in [0.1, 0.15) is 5.82 Å². The van der Waals surface area contributed by atoms with Crippen molar-refractivity contribution in [1.82, 2.24) is 10.2 Å². The van der Waals surface area contributed by atoms with Crippen molar-refractivity contribution in [1.29, 1.82) is 0 Å². The lowest BCUT2D eigenvalue weighted by Crippen LogP contribution is -1.99. The lowest BCUT2D eigenvalue weighted by atomic mass is 10.2. The average Bonchev–Trinajstić information content (AvgIpc) is 2.51. The number of aromatic nitrogens is 2. The second-order valence-corrected chi connectivity index (χ2v) is 2.71. The summed E-state index contributed by atoms with van der Waals surface area (Å²) in [4.78, 5) is 0. The molecular weight excluding hydrogens is 150 g/mol. The van der Waals surface area contributed by atoms with Gasteiger partial charge < -0.3 is 5.32 Å². The fourth-order valence-corrected chi connectivity index (χ4v) is 0.953. The Morgan fingerprint density at radius 2 is 2.42 bits per heavy atom. The van der Waals surface area contributed by atoms with E-state index in [1.807, 2.05) is 6.20 Å². The number of hydrogen-bond donors (Lipinski definition) is 2. The molecule has 0 saturated carbocycles. The second-order valence-electron chi connectivity index (χ2n) is 2.71. The third-order valence-electron chi connectivity index (χ3n) is 1.83. The summed E-state index contributed by atoms with van der Waals surface area (Å²) in [6.07, 6.45) is 3.75. The van der Waals surface area contributed by atoms with Crippen molar-refractivity contribution in [2.75, 3.05) is 5.32 Å². The van der Waals surface area contributed by atoms with E-state index in [9.17, 15) is 0 Å². The summed E-state index contributed by atoms with van der Waals surface area (Å²) in [6, 6.07) is 0. The molecule has 0 unspecified atom stereocenters. The van der Waals surface area contributed by atoms with Crippen molar-refractivity contribution in [3.05, 3.63) is 24.0 Å². The highest BCUT2D eigenvalue weighted by Gasteiger charge is 2.01. The minimum atomic E-state index is 0.933. The zero-order valence-electron chi connectivity index (χ0n) is 7.65. The second kappa shape index (κ2) is 3.95. The maximum atomic E-state index is 3.95. The lowest BCUT2D eigenvalue weighted by Gasteiger charge is -2.05. The van der Waals surface area contributed by atoms with Crippen LogP contribution in [0.25, 0.3) is 0 Å². The molecule has 0 aliphatic carbocycles. The van der Waals surface area contributed by atoms with Crippen LogP contribution in [-0.4, -0.2) is 10.2 Å². The van der Waals surface area contributed by atoms with Crippen LogP contribution in [0.15, 0.2) is 18.5 Å². The number of aromatic amines is 1. The molecule has 0 saturated heterocycles. The van der Waals surface area contributed by atoms with Gasteiger partial charge in [0.15, 0.2) is 0 Å². The molecule has 0 fully saturated rings. The predicted molar refractivity (Wildman–Crippen MR) is 51.0 cm³/mol. The molecular formula is C9H15N3. The van der Waals surface area contributed by atoms with Crippen LogP contribution in [0, 0.1) is 0 Å². The maximum Gasteiger partial charge on any atom is 0.128 e. The topological polar surface area (TPSA) is 40.7 Å². The fourth-order valence-electron chi connectivity index (χ4n) is 0.953. The van der Waals surface area contributed by atoms with Gasteiger partial charge in [-0.3, -0.25) is 5.10 Å². The number of anilines is 1. The molecule has 0 aliphatic heterocycles. The summed E-state index contributed by atoms with van der Waals surface area (Å²) in [5.74, 6) is 0.976. The molecule has 1 aromatic rings. The highest BCUT2D eigenvalue weighted by Crippen LogP contribution is 2.13. The number of H-pyrrole nitrogens is 1. The lowest BCUT2D eigenvalue weighted by molar-refractivity contribution is 1.05. The first-order chi connectivity index (χ1) is 5.77. The van der Waals surface area contributed by atoms with Gasteiger partial charge in [0.2, 0.25) is 0 Å².